The second-order valence-corrected chi connectivity index (χ2v) is 7.20. The van der Waals surface area contributed by atoms with E-state index >= 15 is 0 Å². The Hall–Kier alpha value is -0.810. The van der Waals surface area contributed by atoms with Gasteiger partial charge in [0, 0.05) is 46.4 Å². The van der Waals surface area contributed by atoms with Crippen LogP contribution in [0.3, 0.4) is 0 Å². The molecule has 2 unspecified atom stereocenters. The molecule has 0 amide bonds. The molecule has 2 aliphatic carbocycles. The predicted octanol–water partition coefficient (Wildman–Crippen LogP) is 2.09. The van der Waals surface area contributed by atoms with E-state index in [4.69, 9.17) is 4.74 Å². The molecule has 0 bridgehead atoms. The van der Waals surface area contributed by atoms with Crippen molar-refractivity contribution in [3.63, 3.8) is 0 Å². The SMILES string of the molecule is CN=C(NCCN(C)CCCOC)NC1CC1C1CCCCC1. The Balaban J connectivity index is 1.57. The van der Waals surface area contributed by atoms with Crippen LogP contribution >= 0.6 is 0 Å². The van der Waals surface area contributed by atoms with Gasteiger partial charge in [-0.1, -0.05) is 32.1 Å². The number of ether oxygens (including phenoxy) is 1. The summed E-state index contributed by atoms with van der Waals surface area (Å²) in [5.74, 6) is 2.83. The molecule has 5 nitrogen and oxygen atoms in total. The number of hydrogen-bond acceptors (Lipinski definition) is 3. The van der Waals surface area contributed by atoms with E-state index in [1.807, 2.05) is 7.05 Å². The van der Waals surface area contributed by atoms with Crippen LogP contribution in [0.2, 0.25) is 0 Å². The summed E-state index contributed by atoms with van der Waals surface area (Å²) < 4.78 is 5.09. The molecule has 0 aromatic heterocycles. The number of hydrogen-bond donors (Lipinski definition) is 2. The van der Waals surface area contributed by atoms with Crippen molar-refractivity contribution in [3.8, 4) is 0 Å². The molecule has 0 aromatic carbocycles. The average Bonchev–Trinajstić information content (AvgIpc) is 3.34. The average molecular weight is 325 g/mol. The van der Waals surface area contributed by atoms with E-state index in [9.17, 15) is 0 Å². The third-order valence-electron chi connectivity index (χ3n) is 5.32. The summed E-state index contributed by atoms with van der Waals surface area (Å²) in [5.41, 5.74) is 0. The van der Waals surface area contributed by atoms with Gasteiger partial charge in [-0.2, -0.15) is 0 Å². The molecule has 5 heteroatoms. The third-order valence-corrected chi connectivity index (χ3v) is 5.32. The second-order valence-electron chi connectivity index (χ2n) is 7.20. The van der Waals surface area contributed by atoms with Gasteiger partial charge in [0.15, 0.2) is 5.96 Å². The Labute approximate surface area is 142 Å². The highest BCUT2D eigenvalue weighted by Crippen LogP contribution is 2.44. The van der Waals surface area contributed by atoms with E-state index in [2.05, 4.69) is 27.6 Å². The van der Waals surface area contributed by atoms with Crippen LogP contribution in [-0.4, -0.2) is 64.3 Å². The minimum atomic E-state index is 0.656. The zero-order valence-electron chi connectivity index (χ0n) is 15.3. The molecule has 2 fully saturated rings. The first-order chi connectivity index (χ1) is 11.2. The molecule has 0 heterocycles. The van der Waals surface area contributed by atoms with Gasteiger partial charge in [0.1, 0.15) is 0 Å². The summed E-state index contributed by atoms with van der Waals surface area (Å²) in [5, 5.41) is 7.07. The number of aliphatic imine (C=N–C) groups is 1. The van der Waals surface area contributed by atoms with Crippen LogP contribution in [0, 0.1) is 11.8 Å². The van der Waals surface area contributed by atoms with E-state index in [1.165, 1.54) is 38.5 Å². The fourth-order valence-electron chi connectivity index (χ4n) is 3.79. The van der Waals surface area contributed by atoms with Gasteiger partial charge in [-0.05, 0) is 31.7 Å². The number of likely N-dealkylation sites (N-methyl/N-ethyl adjacent to an activating group) is 1. The van der Waals surface area contributed by atoms with Gasteiger partial charge in [0.2, 0.25) is 0 Å². The van der Waals surface area contributed by atoms with E-state index in [1.54, 1.807) is 7.11 Å². The lowest BCUT2D eigenvalue weighted by atomic mass is 9.85. The van der Waals surface area contributed by atoms with Crippen molar-refractivity contribution in [1.29, 1.82) is 0 Å². The minimum Gasteiger partial charge on any atom is -0.385 e. The summed E-state index contributed by atoms with van der Waals surface area (Å²) in [6, 6.07) is 0.656. The van der Waals surface area contributed by atoms with Gasteiger partial charge in [-0.25, -0.2) is 0 Å². The normalized spacial score (nSPS) is 25.7. The number of nitrogens with one attached hydrogen (secondary N) is 2. The lowest BCUT2D eigenvalue weighted by Crippen LogP contribution is -2.42. The van der Waals surface area contributed by atoms with Gasteiger partial charge < -0.3 is 20.3 Å². The molecule has 0 radical (unpaired) electrons. The topological polar surface area (TPSA) is 48.9 Å². The number of rotatable bonds is 9. The molecular weight excluding hydrogens is 288 g/mol. The van der Waals surface area contributed by atoms with E-state index < -0.39 is 0 Å². The van der Waals surface area contributed by atoms with Crippen molar-refractivity contribution in [2.75, 3.05) is 47.4 Å². The fourth-order valence-corrected chi connectivity index (χ4v) is 3.79. The van der Waals surface area contributed by atoms with Crippen molar-refractivity contribution < 1.29 is 4.74 Å². The lowest BCUT2D eigenvalue weighted by Gasteiger charge is -2.22. The highest BCUT2D eigenvalue weighted by molar-refractivity contribution is 5.80. The summed E-state index contributed by atoms with van der Waals surface area (Å²) >= 11 is 0. The van der Waals surface area contributed by atoms with E-state index in [0.29, 0.717) is 6.04 Å². The van der Waals surface area contributed by atoms with Crippen LogP contribution in [0.25, 0.3) is 0 Å². The van der Waals surface area contributed by atoms with Crippen molar-refractivity contribution in [1.82, 2.24) is 15.5 Å². The van der Waals surface area contributed by atoms with Gasteiger partial charge >= 0.3 is 0 Å². The minimum absolute atomic E-state index is 0.656. The summed E-state index contributed by atoms with van der Waals surface area (Å²) in [7, 11) is 5.79. The summed E-state index contributed by atoms with van der Waals surface area (Å²) in [6.45, 7) is 3.88. The molecule has 134 valence electrons. The van der Waals surface area contributed by atoms with Crippen LogP contribution in [-0.2, 0) is 4.74 Å². The van der Waals surface area contributed by atoms with Crippen molar-refractivity contribution in [3.05, 3.63) is 0 Å². The van der Waals surface area contributed by atoms with E-state index in [-0.39, 0.29) is 0 Å². The Morgan fingerprint density at radius 3 is 2.70 bits per heavy atom. The first kappa shape index (κ1) is 18.5. The van der Waals surface area contributed by atoms with Gasteiger partial charge in [0.05, 0.1) is 0 Å². The summed E-state index contributed by atoms with van der Waals surface area (Å²) in [4.78, 5) is 6.71. The molecule has 2 aliphatic rings. The second kappa shape index (κ2) is 10.1. The first-order valence-electron chi connectivity index (χ1n) is 9.39. The maximum atomic E-state index is 5.09. The monoisotopic (exact) mass is 324 g/mol. The smallest absolute Gasteiger partial charge is 0.191 e. The zero-order valence-corrected chi connectivity index (χ0v) is 15.3. The molecule has 2 rings (SSSR count). The van der Waals surface area contributed by atoms with Crippen molar-refractivity contribution >= 4 is 5.96 Å². The fraction of sp³-hybridized carbons (Fsp3) is 0.944. The Morgan fingerprint density at radius 2 is 2.00 bits per heavy atom. The number of methoxy groups -OCH3 is 1. The molecule has 2 atom stereocenters. The van der Waals surface area contributed by atoms with E-state index in [0.717, 1.165) is 50.5 Å². The van der Waals surface area contributed by atoms with Gasteiger partial charge in [0.25, 0.3) is 0 Å². The highest BCUT2D eigenvalue weighted by Gasteiger charge is 2.43. The standard InChI is InChI=1S/C18H36N4O/c1-19-18(20-10-12-22(2)11-7-13-23-3)21-17-14-16(17)15-8-5-4-6-9-15/h15-17H,4-14H2,1-3H3,(H2,19,20,21). The molecule has 2 saturated carbocycles. The Kier molecular flexibility index (Phi) is 8.17. The molecule has 0 aromatic rings. The molecule has 2 N–H and O–H groups in total. The van der Waals surface area contributed by atoms with Crippen LogP contribution in [0.4, 0.5) is 0 Å². The Morgan fingerprint density at radius 1 is 1.22 bits per heavy atom. The number of nitrogens with zero attached hydrogens (tertiary/aromatic N) is 2. The Bertz CT molecular complexity index is 355. The zero-order chi connectivity index (χ0) is 16.5. The molecule has 23 heavy (non-hydrogen) atoms. The van der Waals surface area contributed by atoms with Crippen LogP contribution in [0.15, 0.2) is 4.99 Å². The quantitative estimate of drug-likeness (QED) is 0.387. The molecule has 0 aliphatic heterocycles. The first-order valence-corrected chi connectivity index (χ1v) is 9.39. The maximum Gasteiger partial charge on any atom is 0.191 e. The van der Waals surface area contributed by atoms with Crippen LogP contribution < -0.4 is 10.6 Å². The third kappa shape index (κ3) is 6.68. The molecule has 0 spiro atoms. The van der Waals surface area contributed by atoms with Crippen molar-refractivity contribution in [2.45, 2.75) is 51.0 Å². The molecular formula is C18H36N4O. The maximum absolute atomic E-state index is 5.09. The number of guanidine groups is 1. The predicted molar refractivity (Wildman–Crippen MR) is 97.0 cm³/mol. The molecule has 0 saturated heterocycles. The van der Waals surface area contributed by atoms with Gasteiger partial charge in [-0.3, -0.25) is 4.99 Å². The highest BCUT2D eigenvalue weighted by atomic mass is 16.5. The van der Waals surface area contributed by atoms with Crippen molar-refractivity contribution in [2.24, 2.45) is 16.8 Å². The van der Waals surface area contributed by atoms with Crippen LogP contribution in [0.5, 0.6) is 0 Å². The lowest BCUT2D eigenvalue weighted by molar-refractivity contribution is 0.180. The summed E-state index contributed by atoms with van der Waals surface area (Å²) in [6.07, 6.45) is 9.64. The van der Waals surface area contributed by atoms with Crippen LogP contribution in [0.1, 0.15) is 44.9 Å². The largest absolute Gasteiger partial charge is 0.385 e. The van der Waals surface area contributed by atoms with Gasteiger partial charge in [-0.15, -0.1) is 0 Å².